The quantitative estimate of drug-likeness (QED) is 0.467. The van der Waals surface area contributed by atoms with Gasteiger partial charge in [-0.25, -0.2) is 4.79 Å². The summed E-state index contributed by atoms with van der Waals surface area (Å²) in [7, 11) is 0. The monoisotopic (exact) mass is 322 g/mol. The maximum atomic E-state index is 11.6. The number of ether oxygens (including phenoxy) is 1. The van der Waals surface area contributed by atoms with Crippen molar-refractivity contribution in [2.45, 2.75) is 51.0 Å². The molecule has 1 fully saturated rings. The van der Waals surface area contributed by atoms with Crippen LogP contribution in [0.3, 0.4) is 0 Å². The fraction of sp³-hybridized carbons (Fsp3) is 0.765. The summed E-state index contributed by atoms with van der Waals surface area (Å²) in [5.41, 5.74) is 5.41. The lowest BCUT2D eigenvalue weighted by Crippen LogP contribution is -2.30. The molecule has 2 unspecified atom stereocenters. The first kappa shape index (κ1) is 17.6. The summed E-state index contributed by atoms with van der Waals surface area (Å²) < 4.78 is 5.30. The summed E-state index contributed by atoms with van der Waals surface area (Å²) in [6.07, 6.45) is 5.56. The predicted molar refractivity (Wildman–Crippen MR) is 85.5 cm³/mol. The van der Waals surface area contributed by atoms with Crippen LogP contribution in [-0.4, -0.2) is 36.4 Å². The van der Waals surface area contributed by atoms with Crippen LogP contribution in [-0.2, 0) is 9.53 Å². The van der Waals surface area contributed by atoms with Crippen LogP contribution < -0.4 is 11.1 Å². The number of carbonyl (C=O) groups excluding carboxylic acids is 1. The number of alkyl carbamates (subject to hydrolysis) is 1. The number of carboxylic acid groups (broad SMARTS) is 1. The van der Waals surface area contributed by atoms with Crippen LogP contribution in [0.1, 0.15) is 44.9 Å². The second-order valence-electron chi connectivity index (χ2n) is 6.39. The van der Waals surface area contributed by atoms with Gasteiger partial charge < -0.3 is 20.9 Å². The van der Waals surface area contributed by atoms with Gasteiger partial charge in [0.25, 0.3) is 0 Å². The number of fused-ring (bicyclic) bond motifs is 1. The predicted octanol–water partition coefficient (Wildman–Crippen LogP) is 1.73. The Hall–Kier alpha value is -1.74. The first-order valence-corrected chi connectivity index (χ1v) is 8.44. The van der Waals surface area contributed by atoms with Gasteiger partial charge in [0.1, 0.15) is 6.04 Å². The Morgan fingerprint density at radius 1 is 1.22 bits per heavy atom. The molecule has 0 saturated heterocycles. The van der Waals surface area contributed by atoms with Gasteiger partial charge in [-0.2, -0.15) is 0 Å². The summed E-state index contributed by atoms with van der Waals surface area (Å²) in [5.74, 6) is 7.20. The van der Waals surface area contributed by atoms with Crippen LogP contribution >= 0.6 is 0 Å². The van der Waals surface area contributed by atoms with E-state index in [1.54, 1.807) is 0 Å². The highest BCUT2D eigenvalue weighted by Crippen LogP contribution is 2.52. The molecule has 6 heteroatoms. The Bertz CT molecular complexity index is 465. The Labute approximate surface area is 137 Å². The molecule has 0 bridgehead atoms. The minimum atomic E-state index is -0.986. The zero-order valence-corrected chi connectivity index (χ0v) is 13.4. The normalized spacial score (nSPS) is 26.6. The first-order valence-electron chi connectivity index (χ1n) is 8.44. The second kappa shape index (κ2) is 8.78. The molecule has 0 spiro atoms. The minimum Gasteiger partial charge on any atom is -0.480 e. The van der Waals surface area contributed by atoms with Gasteiger partial charge in [-0.15, -0.1) is 11.8 Å². The van der Waals surface area contributed by atoms with E-state index in [4.69, 9.17) is 15.6 Å². The third-order valence-electron chi connectivity index (χ3n) is 4.77. The van der Waals surface area contributed by atoms with Crippen LogP contribution in [0.5, 0.6) is 0 Å². The minimum absolute atomic E-state index is 0.386. The van der Waals surface area contributed by atoms with Crippen molar-refractivity contribution in [3.63, 3.8) is 0 Å². The van der Waals surface area contributed by atoms with Gasteiger partial charge in [-0.3, -0.25) is 4.79 Å². The van der Waals surface area contributed by atoms with Crippen LogP contribution in [0, 0.1) is 29.6 Å². The lowest BCUT2D eigenvalue weighted by atomic mass is 10.1. The Kier molecular flexibility index (Phi) is 6.72. The molecule has 0 aromatic rings. The van der Waals surface area contributed by atoms with Gasteiger partial charge in [-0.05, 0) is 49.9 Å². The maximum Gasteiger partial charge on any atom is 0.407 e. The summed E-state index contributed by atoms with van der Waals surface area (Å²) in [6, 6.07) is -0.822. The van der Waals surface area contributed by atoms with Crippen molar-refractivity contribution in [1.82, 2.24) is 5.32 Å². The molecule has 0 aromatic heterocycles. The van der Waals surface area contributed by atoms with E-state index in [1.165, 1.54) is 0 Å². The Balaban J connectivity index is 1.50. The van der Waals surface area contributed by atoms with E-state index in [9.17, 15) is 9.59 Å². The molecule has 6 nitrogen and oxygen atoms in total. The van der Waals surface area contributed by atoms with E-state index in [-0.39, 0.29) is 6.09 Å². The number of hydrogen-bond donors (Lipinski definition) is 3. The molecule has 2 aliphatic rings. The first-order chi connectivity index (χ1) is 11.1. The van der Waals surface area contributed by atoms with E-state index < -0.39 is 12.0 Å². The molecule has 0 aromatic carbocycles. The number of carbonyl (C=O) groups is 2. The number of nitrogens with one attached hydrogen (secondary N) is 1. The molecule has 3 atom stereocenters. The molecular weight excluding hydrogens is 296 g/mol. The number of rotatable bonds is 8. The largest absolute Gasteiger partial charge is 0.480 e. The molecule has 128 valence electrons. The van der Waals surface area contributed by atoms with E-state index >= 15 is 0 Å². The number of aliphatic carboxylic acids is 1. The van der Waals surface area contributed by atoms with Gasteiger partial charge in [0, 0.05) is 19.4 Å². The highest BCUT2D eigenvalue weighted by Gasteiger charge is 2.49. The fourth-order valence-corrected chi connectivity index (χ4v) is 3.31. The van der Waals surface area contributed by atoms with Crippen molar-refractivity contribution in [2.75, 3.05) is 13.2 Å². The molecule has 0 aliphatic heterocycles. The summed E-state index contributed by atoms with van der Waals surface area (Å²) in [6.45, 7) is 0.974. The van der Waals surface area contributed by atoms with E-state index in [2.05, 4.69) is 17.2 Å². The molecule has 1 amide bonds. The zero-order valence-electron chi connectivity index (χ0n) is 13.4. The SMILES string of the molecule is N[C@@H](CCCCNC(=O)OCC1C2CCC#CCCC21)C(=O)O. The van der Waals surface area contributed by atoms with E-state index in [0.717, 1.165) is 25.7 Å². The number of hydrogen-bond acceptors (Lipinski definition) is 4. The maximum absolute atomic E-state index is 11.6. The van der Waals surface area contributed by atoms with Gasteiger partial charge >= 0.3 is 12.1 Å². The average Bonchev–Trinajstić information content (AvgIpc) is 3.14. The molecule has 2 aliphatic carbocycles. The molecule has 0 heterocycles. The van der Waals surface area contributed by atoms with Crippen molar-refractivity contribution in [2.24, 2.45) is 23.5 Å². The Morgan fingerprint density at radius 3 is 2.48 bits per heavy atom. The van der Waals surface area contributed by atoms with Crippen molar-refractivity contribution >= 4 is 12.1 Å². The lowest BCUT2D eigenvalue weighted by Gasteiger charge is -2.08. The van der Waals surface area contributed by atoms with Crippen molar-refractivity contribution < 1.29 is 19.4 Å². The van der Waals surface area contributed by atoms with Gasteiger partial charge in [0.05, 0.1) is 6.61 Å². The summed E-state index contributed by atoms with van der Waals surface area (Å²) in [4.78, 5) is 22.2. The summed E-state index contributed by atoms with van der Waals surface area (Å²) >= 11 is 0. The van der Waals surface area contributed by atoms with E-state index in [1.807, 2.05) is 0 Å². The third kappa shape index (κ3) is 5.76. The lowest BCUT2D eigenvalue weighted by molar-refractivity contribution is -0.138. The zero-order chi connectivity index (χ0) is 16.7. The van der Waals surface area contributed by atoms with Gasteiger partial charge in [0.2, 0.25) is 0 Å². The van der Waals surface area contributed by atoms with Crippen molar-refractivity contribution in [3.8, 4) is 11.8 Å². The average molecular weight is 322 g/mol. The Morgan fingerprint density at radius 2 is 1.87 bits per heavy atom. The van der Waals surface area contributed by atoms with Crippen LogP contribution in [0.2, 0.25) is 0 Å². The number of carboxylic acids is 1. The van der Waals surface area contributed by atoms with Gasteiger partial charge in [-0.1, -0.05) is 0 Å². The standard InChI is InChI=1S/C17H26N2O4/c18-15(16(20)21)9-5-6-10-19-17(22)23-11-14-12-7-3-1-2-4-8-13(12)14/h12-15H,3-11,18H2,(H,19,22)(H,20,21)/t12?,13?,14?,15-/m0/s1. The second-order valence-corrected chi connectivity index (χ2v) is 6.39. The number of amides is 1. The van der Waals surface area contributed by atoms with Crippen LogP contribution in [0.4, 0.5) is 4.79 Å². The molecule has 23 heavy (non-hydrogen) atoms. The summed E-state index contributed by atoms with van der Waals surface area (Å²) in [5, 5.41) is 11.4. The topological polar surface area (TPSA) is 102 Å². The molecular formula is C17H26N2O4. The third-order valence-corrected chi connectivity index (χ3v) is 4.77. The van der Waals surface area contributed by atoms with Crippen LogP contribution in [0.25, 0.3) is 0 Å². The highest BCUT2D eigenvalue weighted by atomic mass is 16.5. The van der Waals surface area contributed by atoms with Crippen molar-refractivity contribution in [1.29, 1.82) is 0 Å². The van der Waals surface area contributed by atoms with Crippen molar-refractivity contribution in [3.05, 3.63) is 0 Å². The van der Waals surface area contributed by atoms with Crippen LogP contribution in [0.15, 0.2) is 0 Å². The number of nitrogens with two attached hydrogens (primary N) is 1. The fourth-order valence-electron chi connectivity index (χ4n) is 3.31. The highest BCUT2D eigenvalue weighted by molar-refractivity contribution is 5.72. The molecule has 0 radical (unpaired) electrons. The van der Waals surface area contributed by atoms with Gasteiger partial charge in [0.15, 0.2) is 0 Å². The van der Waals surface area contributed by atoms with E-state index in [0.29, 0.717) is 50.2 Å². The number of unbranched alkanes of at least 4 members (excludes halogenated alkanes) is 1. The molecule has 1 saturated carbocycles. The molecule has 2 rings (SSSR count). The molecule has 4 N–H and O–H groups in total. The smallest absolute Gasteiger partial charge is 0.407 e.